The van der Waals surface area contributed by atoms with E-state index in [-0.39, 0.29) is 27.8 Å². The summed E-state index contributed by atoms with van der Waals surface area (Å²) in [5.41, 5.74) is 0.510. The molecule has 11 nitrogen and oxygen atoms in total. The Morgan fingerprint density at radius 1 is 1.06 bits per heavy atom. The Morgan fingerprint density at radius 2 is 1.70 bits per heavy atom. The monoisotopic (exact) mass is 709 g/mol. The van der Waals surface area contributed by atoms with Gasteiger partial charge in [-0.15, -0.1) is 0 Å². The van der Waals surface area contributed by atoms with E-state index in [1.54, 1.807) is 6.07 Å². The lowest BCUT2D eigenvalue weighted by molar-refractivity contribution is -0.0480. The number of aliphatic hydroxyl groups is 1. The predicted octanol–water partition coefficient (Wildman–Crippen LogP) is 7.36. The summed E-state index contributed by atoms with van der Waals surface area (Å²) in [4.78, 5) is 46.5. The number of aliphatic hydroxyl groups excluding tert-OH is 1. The van der Waals surface area contributed by atoms with E-state index in [2.05, 4.69) is 25.9 Å². The summed E-state index contributed by atoms with van der Waals surface area (Å²) in [5.74, 6) is -1.63. The molecule has 4 atom stereocenters. The van der Waals surface area contributed by atoms with Crippen molar-refractivity contribution in [3.8, 4) is 11.6 Å². The average Bonchev–Trinajstić information content (AvgIpc) is 3.44. The molecule has 0 saturated carbocycles. The van der Waals surface area contributed by atoms with Crippen LogP contribution < -0.4 is 14.4 Å². The normalized spacial score (nSPS) is 23.3. The van der Waals surface area contributed by atoms with Crippen LogP contribution in [-0.2, 0) is 10.8 Å². The molecule has 5 rings (SSSR count). The number of aldehydes is 1. The Labute approximate surface area is 297 Å². The van der Waals surface area contributed by atoms with Crippen molar-refractivity contribution in [3.63, 3.8) is 0 Å². The number of rotatable bonds is 13. The van der Waals surface area contributed by atoms with Gasteiger partial charge in [0.05, 0.1) is 30.5 Å². The van der Waals surface area contributed by atoms with Gasteiger partial charge in [0.2, 0.25) is 5.78 Å². The maximum Gasteiger partial charge on any atom is 0.265 e. The average molecular weight is 710 g/mol. The molecule has 0 fully saturated rings. The molecule has 0 aliphatic heterocycles. The van der Waals surface area contributed by atoms with Crippen LogP contribution in [0.15, 0.2) is 21.9 Å². The first-order chi connectivity index (χ1) is 23.5. The fourth-order valence-electron chi connectivity index (χ4n) is 7.67. The summed E-state index contributed by atoms with van der Waals surface area (Å²) in [5, 5.41) is 16.7. The minimum absolute atomic E-state index is 0.0748. The molecule has 50 heavy (non-hydrogen) atoms. The number of aromatic nitrogens is 1. The van der Waals surface area contributed by atoms with Crippen LogP contribution in [0.4, 0.5) is 5.69 Å². The highest BCUT2D eigenvalue weighted by Crippen LogP contribution is 2.60. The fourth-order valence-corrected chi connectivity index (χ4v) is 9.13. The lowest BCUT2D eigenvalue weighted by Gasteiger charge is -2.55. The van der Waals surface area contributed by atoms with Crippen molar-refractivity contribution < 1.29 is 37.9 Å². The number of fused-ring (bicyclic) bond motifs is 4. The van der Waals surface area contributed by atoms with Crippen LogP contribution in [0.25, 0.3) is 0 Å². The Morgan fingerprint density at radius 3 is 2.26 bits per heavy atom. The van der Waals surface area contributed by atoms with Crippen LogP contribution in [0.2, 0.25) is 18.1 Å². The summed E-state index contributed by atoms with van der Waals surface area (Å²) in [6.45, 7) is 15.1. The number of hydrogen-bond donors (Lipinski definition) is 1. The Hall–Kier alpha value is -3.48. The van der Waals surface area contributed by atoms with Gasteiger partial charge in [-0.25, -0.2) is 0 Å². The van der Waals surface area contributed by atoms with Gasteiger partial charge in [0.15, 0.2) is 31.7 Å². The standard InChI is InChI=1S/C38H55N3O8Si/c1-12-14-16-46-26-20-23(21-42)30(40(6)7)24-18-22-19-25-31(41(8)9)33-29(36(39-48-33)47-17-15-13-2)35(45)38(25,49-50(10,11)37(3,4)5)34(44)27(22)32(43)28(24)26/h20-22,25,31,44H,12-19H2,1-11H3/t22-,25-,31-,38-/m0/s1. The third-order valence-electron chi connectivity index (χ3n) is 11.1. The van der Waals surface area contributed by atoms with Crippen LogP contribution in [0, 0.1) is 11.8 Å². The molecule has 0 spiro atoms. The second kappa shape index (κ2) is 13.9. The number of carbonyl (C=O) groups is 3. The highest BCUT2D eigenvalue weighted by atomic mass is 28.4. The smallest absolute Gasteiger partial charge is 0.265 e. The van der Waals surface area contributed by atoms with Crippen molar-refractivity contribution in [1.82, 2.24) is 10.1 Å². The van der Waals surface area contributed by atoms with Gasteiger partial charge >= 0.3 is 0 Å². The number of ether oxygens (including phenoxy) is 2. The Bertz CT molecular complexity index is 1690. The highest BCUT2D eigenvalue weighted by Gasteiger charge is 2.67. The van der Waals surface area contributed by atoms with E-state index in [1.165, 1.54) is 0 Å². The summed E-state index contributed by atoms with van der Waals surface area (Å²) in [6.07, 6.45) is 4.79. The van der Waals surface area contributed by atoms with Gasteiger partial charge in [0, 0.05) is 31.1 Å². The molecule has 12 heteroatoms. The number of hydrogen-bond acceptors (Lipinski definition) is 11. The van der Waals surface area contributed by atoms with Crippen molar-refractivity contribution in [3.05, 3.63) is 45.4 Å². The summed E-state index contributed by atoms with van der Waals surface area (Å²) in [7, 11) is 4.67. The lowest BCUT2D eigenvalue weighted by atomic mass is 9.58. The fraction of sp³-hybridized carbons (Fsp3) is 0.632. The van der Waals surface area contributed by atoms with E-state index in [9.17, 15) is 9.90 Å². The van der Waals surface area contributed by atoms with E-state index in [0.717, 1.165) is 32.0 Å². The molecule has 1 aromatic heterocycles. The lowest BCUT2D eigenvalue weighted by Crippen LogP contribution is -2.65. The number of benzene rings is 1. The Balaban J connectivity index is 1.82. The molecule has 0 saturated heterocycles. The zero-order valence-electron chi connectivity index (χ0n) is 31.7. The van der Waals surface area contributed by atoms with Gasteiger partial charge in [0.1, 0.15) is 17.1 Å². The molecule has 0 bridgehead atoms. The van der Waals surface area contributed by atoms with Crippen LogP contribution in [0.1, 0.15) is 115 Å². The topological polar surface area (TPSA) is 132 Å². The van der Waals surface area contributed by atoms with Crippen LogP contribution >= 0.6 is 0 Å². The van der Waals surface area contributed by atoms with Gasteiger partial charge in [-0.05, 0) is 80.6 Å². The summed E-state index contributed by atoms with van der Waals surface area (Å²) >= 11 is 0. The zero-order valence-corrected chi connectivity index (χ0v) is 32.7. The minimum Gasteiger partial charge on any atom is -0.508 e. The molecule has 1 N–H and O–H groups in total. The minimum atomic E-state index is -2.83. The highest BCUT2D eigenvalue weighted by molar-refractivity contribution is 6.74. The van der Waals surface area contributed by atoms with Gasteiger partial charge < -0.3 is 28.4 Å². The Kier molecular flexibility index (Phi) is 10.5. The molecular formula is C38H55N3O8Si. The van der Waals surface area contributed by atoms with E-state index in [1.807, 2.05) is 64.9 Å². The molecule has 274 valence electrons. The molecule has 0 unspecified atom stereocenters. The maximum absolute atomic E-state index is 15.3. The second-order valence-electron chi connectivity index (χ2n) is 16.0. The first-order valence-corrected chi connectivity index (χ1v) is 20.9. The third kappa shape index (κ3) is 6.00. The number of unbranched alkanes of at least 4 members (excludes halogenated alkanes) is 2. The zero-order chi connectivity index (χ0) is 36.9. The first kappa shape index (κ1) is 37.8. The predicted molar refractivity (Wildman–Crippen MR) is 195 cm³/mol. The SMILES string of the molecule is CCCCOc1cc(C=O)c(N(C)C)c2c1C(=O)C1=C(O)[C@]3(O[Si](C)(C)C(C)(C)C)C(=O)c4c(OCCCC)noc4[C@@H](N(C)C)[C@@H]3C[C@@H]1C2. The summed E-state index contributed by atoms with van der Waals surface area (Å²) in [6, 6.07) is 1.09. The van der Waals surface area contributed by atoms with E-state index >= 15 is 9.59 Å². The van der Waals surface area contributed by atoms with Crippen LogP contribution in [0.5, 0.6) is 11.6 Å². The first-order valence-electron chi connectivity index (χ1n) is 18.0. The van der Waals surface area contributed by atoms with E-state index in [4.69, 9.17) is 18.4 Å². The van der Waals surface area contributed by atoms with Crippen LogP contribution in [-0.4, -0.2) is 88.3 Å². The van der Waals surface area contributed by atoms with Crippen molar-refractivity contribution in [2.75, 3.05) is 46.3 Å². The second-order valence-corrected chi connectivity index (χ2v) is 20.7. The van der Waals surface area contributed by atoms with Gasteiger partial charge in [-0.2, -0.15) is 0 Å². The third-order valence-corrected chi connectivity index (χ3v) is 15.6. The number of Topliss-reactive ketones (excluding diaryl/α,β-unsaturated/α-hetero) is 2. The van der Waals surface area contributed by atoms with Gasteiger partial charge in [-0.1, -0.05) is 47.5 Å². The number of nitrogens with zero attached hydrogens (tertiary/aromatic N) is 3. The largest absolute Gasteiger partial charge is 0.508 e. The summed E-state index contributed by atoms with van der Waals surface area (Å²) < 4.78 is 25.4. The van der Waals surface area contributed by atoms with E-state index in [0.29, 0.717) is 59.9 Å². The molecule has 3 aliphatic rings. The molecule has 1 aromatic carbocycles. The number of carbonyl (C=O) groups excluding carboxylic acids is 3. The molecule has 0 radical (unpaired) electrons. The molecule has 0 amide bonds. The van der Waals surface area contributed by atoms with Crippen molar-refractivity contribution in [2.45, 2.75) is 103 Å². The van der Waals surface area contributed by atoms with Gasteiger partial charge in [-0.3, -0.25) is 19.3 Å². The van der Waals surface area contributed by atoms with Crippen LogP contribution in [0.3, 0.4) is 0 Å². The molecule has 1 heterocycles. The van der Waals surface area contributed by atoms with Crippen molar-refractivity contribution in [1.29, 1.82) is 0 Å². The molecular weight excluding hydrogens is 655 g/mol. The van der Waals surface area contributed by atoms with Gasteiger partial charge in [0.25, 0.3) is 5.88 Å². The number of anilines is 1. The van der Waals surface area contributed by atoms with Crippen molar-refractivity contribution >= 4 is 31.9 Å². The van der Waals surface area contributed by atoms with E-state index < -0.39 is 43.4 Å². The number of ketones is 2. The maximum atomic E-state index is 15.3. The number of allylic oxidation sites excluding steroid dienone is 1. The molecule has 2 aromatic rings. The van der Waals surface area contributed by atoms with Crippen molar-refractivity contribution in [2.24, 2.45) is 11.8 Å². The molecule has 3 aliphatic carbocycles. The quantitative estimate of drug-likeness (QED) is 0.127.